The molecule has 11 aromatic carbocycles. The van der Waals surface area contributed by atoms with Gasteiger partial charge in [-0.15, -0.1) is 18.4 Å². The van der Waals surface area contributed by atoms with Gasteiger partial charge in [0.1, 0.15) is 89.5 Å². The number of aromatic carboxylic acids is 1. The molecule has 0 aliphatic heterocycles. The van der Waals surface area contributed by atoms with Crippen molar-refractivity contribution in [1.82, 2.24) is 0 Å². The molecule has 0 aromatic heterocycles. The Kier molecular flexibility index (Phi) is 68.0. The van der Waals surface area contributed by atoms with Crippen molar-refractivity contribution in [3.63, 3.8) is 0 Å². The number of carboxylic acid groups (broad SMARTS) is 2. The van der Waals surface area contributed by atoms with Crippen molar-refractivity contribution in [2.24, 2.45) is 0 Å². The van der Waals surface area contributed by atoms with Crippen molar-refractivity contribution >= 4 is 211 Å². The molecule has 0 atom stereocenters. The van der Waals surface area contributed by atoms with E-state index in [9.17, 15) is 94.7 Å². The number of esters is 5. The average Bonchev–Trinajstić information content (AvgIpc) is 0.816. The molecule has 0 aliphatic rings. The Labute approximate surface area is 911 Å². The van der Waals surface area contributed by atoms with Crippen molar-refractivity contribution < 1.29 is 148 Å². The minimum atomic E-state index is -5.89. The minimum Gasteiger partial charge on any atom is -0.508 e. The lowest BCUT2D eigenvalue weighted by Gasteiger charge is -2.10. The summed E-state index contributed by atoms with van der Waals surface area (Å²) in [6, 6.07) is 54.1. The molecule has 11 rings (SSSR count). The quantitative estimate of drug-likeness (QED) is 0.00613. The summed E-state index contributed by atoms with van der Waals surface area (Å²) in [7, 11) is -5.60. The Morgan fingerprint density at radius 2 is 0.790 bits per heavy atom. The molecule has 5 N–H and O–H groups in total. The van der Waals surface area contributed by atoms with E-state index in [2.05, 4.69) is 161 Å². The molecule has 22 nitrogen and oxygen atoms in total. The SMILES string of the molecule is C#C[Si](C)(C)C.C#Cc1ccc(C(=O)OCC)c(F)c1.CC.CCOC(=O)Cc1ccc(I)cc1F.CCOC(=O)c1ccc(O)cc1F.CCOC(=O)c1ccc(OS(=O)(=O)C(F)(F)F)cc1F.COC(=O)Cc1ccc(I)cc1.Cc1ccc(I)cc1F.Fc1cc(I)ccc1CBr.N#CCc1ccc(I)cc1F.N#Cc1ccc(O)cc1F.O=C(O)Cc1ccc(I)cc1.O=C(O)c1ccc(O)cc1F. The van der Waals surface area contributed by atoms with E-state index >= 15 is 0 Å². The third-order valence-corrected chi connectivity index (χ3v) is 22.3. The maximum absolute atomic E-state index is 13.4. The lowest BCUT2D eigenvalue weighted by molar-refractivity contribution is -0.142. The maximum atomic E-state index is 13.4. The number of benzene rings is 11. The molecule has 0 spiro atoms. The number of carbonyl (C=O) groups is 7. The van der Waals surface area contributed by atoms with Crippen molar-refractivity contribution in [3.8, 4) is 59.4 Å². The standard InChI is InChI=1S/C11H9FO2.C10H8F4O5S.C10H10FIO2.C9H9FO3.C9H9IO2.C8H5FIN.C8H7IO2.C7H5BrFI.C7H6FI.C7H4FNO.C7H5FO3.C5H10Si.C2H6/c1-3-8-5-6-9(10(12)7-8)11(13)14-4-2;1-2-18-9(15)7-4-3-6(5-8(7)11)19-20(16,17)10(12,13)14;1-2-14-10(13)5-7-3-4-8(12)6-9(7)11;1-2-13-9(12)7-4-3-6(11)5-8(7)10;1-12-9(11)6-7-2-4-8(10)5-3-7;9-8-5-7(10)2-1-6(8)3-4-11;9-7-3-1-6(2-4-7)5-8(10)11;8-4-5-1-2-6(10)3-7(5)9;1-5-2-3-6(9)4-7(5)8;8-7-3-6(10)2-1-5(7)4-9;8-6-3-4(9)1-2-5(6)7(10)11;1-5-6(2,3)4;1-2/h1,5-7H,4H2,2H3;3-5H,2H2,1H3;3-4,6H,2,5H2,1H3;3-5,11H,2H2,1H3;2-5H,6H2,1H3;1-2,5H,3H2;1-4H,5H2,(H,10,11);1-3H,4H2;2-4H,1H3;1-3,10H;1-3,9H,(H,10,11);1H,2-4H3;1-2H3. The highest BCUT2D eigenvalue weighted by Gasteiger charge is 2.48. The summed E-state index contributed by atoms with van der Waals surface area (Å²) in [5.74, 6) is -9.69. The fourth-order valence-corrected chi connectivity index (χ4v) is 12.3. The van der Waals surface area contributed by atoms with Gasteiger partial charge in [-0.05, 0) is 338 Å². The van der Waals surface area contributed by atoms with Crippen molar-refractivity contribution in [1.29, 1.82) is 10.5 Å². The van der Waals surface area contributed by atoms with Gasteiger partial charge in [0, 0.05) is 62.1 Å². The highest BCUT2D eigenvalue weighted by molar-refractivity contribution is 14.1. The van der Waals surface area contributed by atoms with Gasteiger partial charge in [0.25, 0.3) is 0 Å². The van der Waals surface area contributed by atoms with Gasteiger partial charge in [-0.25, -0.2) is 58.7 Å². The monoisotopic (exact) mass is 2770 g/mol. The molecule has 11 aromatic rings. The molecular formula is C100H93BrF12I6N2O20SSi. The number of rotatable bonds is 18. The molecule has 0 bridgehead atoms. The largest absolute Gasteiger partial charge is 0.534 e. The number of ether oxygens (including phenoxy) is 5. The van der Waals surface area contributed by atoms with Crippen LogP contribution < -0.4 is 4.18 Å². The number of aryl methyl sites for hydroxylation is 1. The van der Waals surface area contributed by atoms with Gasteiger partial charge in [0.2, 0.25) is 0 Å². The Morgan fingerprint density at radius 3 is 1.12 bits per heavy atom. The summed E-state index contributed by atoms with van der Waals surface area (Å²) >= 11 is 15.8. The number of hydrogen-bond donors (Lipinski definition) is 5. The first-order chi connectivity index (χ1) is 67.0. The van der Waals surface area contributed by atoms with Crippen molar-refractivity contribution in [2.75, 3.05) is 33.5 Å². The van der Waals surface area contributed by atoms with Gasteiger partial charge < -0.3 is 53.4 Å². The molecule has 0 fully saturated rings. The summed E-state index contributed by atoms with van der Waals surface area (Å²) in [4.78, 5) is 75.8. The zero-order chi connectivity index (χ0) is 110. The number of carboxylic acids is 2. The summed E-state index contributed by atoms with van der Waals surface area (Å²) in [6.45, 7) is 19.4. The van der Waals surface area contributed by atoms with Crippen LogP contribution in [0.2, 0.25) is 19.6 Å². The molecule has 0 aliphatic carbocycles. The first-order valence-electron chi connectivity index (χ1n) is 40.8. The summed E-state index contributed by atoms with van der Waals surface area (Å²) in [5.41, 5.74) is 0.286. The Balaban J connectivity index is 0. The Hall–Kier alpha value is -10.8. The number of alkyl halides is 4. The van der Waals surface area contributed by atoms with Gasteiger partial charge in [-0.3, -0.25) is 14.4 Å². The maximum Gasteiger partial charge on any atom is 0.534 e. The van der Waals surface area contributed by atoms with Gasteiger partial charge in [-0.2, -0.15) is 32.1 Å². The second-order valence-electron chi connectivity index (χ2n) is 27.6. The van der Waals surface area contributed by atoms with Crippen molar-refractivity contribution in [3.05, 3.63) is 353 Å². The summed E-state index contributed by atoms with van der Waals surface area (Å²) in [5, 5.41) is 60.1. The van der Waals surface area contributed by atoms with Crippen LogP contribution >= 0.6 is 151 Å². The second kappa shape index (κ2) is 72.5. The number of halogens is 19. The molecule has 0 heterocycles. The van der Waals surface area contributed by atoms with Crippen LogP contribution in [0.4, 0.5) is 52.7 Å². The van der Waals surface area contributed by atoms with Crippen LogP contribution in [0, 0.1) is 128 Å². The van der Waals surface area contributed by atoms with Crippen LogP contribution in [0.5, 0.6) is 23.0 Å². The van der Waals surface area contributed by atoms with Crippen LogP contribution in [-0.4, -0.2) is 123 Å². The van der Waals surface area contributed by atoms with Gasteiger partial charge in [-0.1, -0.05) is 104 Å². The lowest BCUT2D eigenvalue weighted by Crippen LogP contribution is -2.28. The second-order valence-corrected chi connectivity index (χ2v) is 41.9. The van der Waals surface area contributed by atoms with Gasteiger partial charge >= 0.3 is 57.4 Å². The number of methoxy groups -OCH3 is 1. The summed E-state index contributed by atoms with van der Waals surface area (Å²) in [6.07, 6.45) is 10.8. The lowest BCUT2D eigenvalue weighted by atomic mass is 10.1. The normalized spacial score (nSPS) is 9.80. The molecule has 0 saturated heterocycles. The Bertz CT molecular complexity index is 6270. The number of nitriles is 2. The number of hydrogen-bond acceptors (Lipinski definition) is 20. The average molecular weight is 2770 g/mol. The van der Waals surface area contributed by atoms with Crippen LogP contribution in [0.25, 0.3) is 0 Å². The zero-order valence-corrected chi connectivity index (χ0v) is 93.9. The first kappa shape index (κ1) is 134. The molecule has 0 amide bonds. The van der Waals surface area contributed by atoms with E-state index in [-0.39, 0.29) is 102 Å². The third kappa shape index (κ3) is 58.1. The summed E-state index contributed by atoms with van der Waals surface area (Å²) < 4.78 is 206. The molecule has 0 saturated carbocycles. The molecular weight excluding hydrogens is 2680 g/mol. The third-order valence-electron chi connectivity index (χ3n) is 15.7. The fraction of sp³-hybridized carbons (Fsp3) is 0.210. The topological polar surface area (TPSA) is 358 Å². The van der Waals surface area contributed by atoms with Crippen LogP contribution in [-0.2, 0) is 79.2 Å². The number of terminal acetylenes is 2. The zero-order valence-electron chi connectivity index (χ0n) is 77.6. The van der Waals surface area contributed by atoms with E-state index in [0.29, 0.717) is 58.3 Å². The van der Waals surface area contributed by atoms with E-state index in [1.54, 1.807) is 70.2 Å². The highest BCUT2D eigenvalue weighted by atomic mass is 127. The minimum absolute atomic E-state index is 0.00338. The Morgan fingerprint density at radius 1 is 0.434 bits per heavy atom. The van der Waals surface area contributed by atoms with E-state index in [4.69, 9.17) is 53.6 Å². The van der Waals surface area contributed by atoms with Crippen LogP contribution in [0.15, 0.2) is 212 Å². The number of phenols is 3. The number of aromatic hydroxyl groups is 3. The number of phenolic OH excluding ortho intramolecular Hbond substituents is 3. The molecule has 43 heteroatoms. The van der Waals surface area contributed by atoms with E-state index < -0.39 is 105 Å². The smallest absolute Gasteiger partial charge is 0.508 e. The number of aliphatic carboxylic acids is 1. The molecule has 143 heavy (non-hydrogen) atoms. The number of nitrogens with zero attached hydrogens (tertiary/aromatic N) is 2. The molecule has 766 valence electrons. The van der Waals surface area contributed by atoms with Crippen molar-refractivity contribution in [2.45, 2.75) is 105 Å². The number of carbonyl (C=O) groups excluding carboxylic acids is 5. The fourth-order valence-electron chi connectivity index (χ4n) is 8.82. The van der Waals surface area contributed by atoms with E-state index in [0.717, 1.165) is 71.4 Å². The van der Waals surface area contributed by atoms with E-state index in [1.165, 1.54) is 78.3 Å². The first-order valence-corrected chi connectivity index (χ1v) is 53.3. The predicted molar refractivity (Wildman–Crippen MR) is 572 cm³/mol. The van der Waals surface area contributed by atoms with Crippen LogP contribution in [0.3, 0.4) is 0 Å². The highest BCUT2D eigenvalue weighted by Crippen LogP contribution is 2.29. The van der Waals surface area contributed by atoms with Crippen LogP contribution in [0.1, 0.15) is 127 Å². The van der Waals surface area contributed by atoms with E-state index in [1.807, 2.05) is 126 Å². The molecule has 0 radical (unpaired) electrons. The predicted octanol–water partition coefficient (Wildman–Crippen LogP) is 26.1. The van der Waals surface area contributed by atoms with Gasteiger partial charge in [0.15, 0.2) is 0 Å². The molecule has 0 unspecified atom stereocenters. The van der Waals surface area contributed by atoms with Gasteiger partial charge in [0.05, 0.1) is 93.1 Å².